The second-order valence-electron chi connectivity index (χ2n) is 6.45. The molecule has 2 aromatic carbocycles. The van der Waals surface area contributed by atoms with Gasteiger partial charge in [0.1, 0.15) is 20.2 Å². The summed E-state index contributed by atoms with van der Waals surface area (Å²) in [6, 6.07) is 6.77. The molecule has 10 nitrogen and oxygen atoms in total. The van der Waals surface area contributed by atoms with Crippen molar-refractivity contribution in [2.24, 2.45) is 0 Å². The largest absolute Gasteiger partial charge is 0.744 e. The molecule has 0 saturated carbocycles. The summed E-state index contributed by atoms with van der Waals surface area (Å²) in [6.07, 6.45) is -0.404. The first-order chi connectivity index (χ1) is 14.4. The van der Waals surface area contributed by atoms with Crippen molar-refractivity contribution in [3.63, 3.8) is 0 Å². The SMILES string of the molecule is CCNC(=O)c1ccc(Cc2ccc(C(=O)NCC)cc2S(=O)(=O)[O-])c(S(=O)(=O)[O-])c1. The smallest absolute Gasteiger partial charge is 0.251 e. The third-order valence-corrected chi connectivity index (χ3v) is 6.09. The van der Waals surface area contributed by atoms with E-state index in [2.05, 4.69) is 10.6 Å². The van der Waals surface area contributed by atoms with Gasteiger partial charge in [0.25, 0.3) is 11.8 Å². The van der Waals surface area contributed by atoms with Gasteiger partial charge in [-0.3, -0.25) is 9.59 Å². The minimum Gasteiger partial charge on any atom is -0.744 e. The van der Waals surface area contributed by atoms with Crippen LogP contribution in [-0.2, 0) is 26.7 Å². The van der Waals surface area contributed by atoms with E-state index in [0.717, 1.165) is 12.1 Å². The number of benzene rings is 2. The third-order valence-electron chi connectivity index (χ3n) is 4.25. The Morgan fingerprint density at radius 2 is 1.10 bits per heavy atom. The number of rotatable bonds is 8. The number of nitrogens with one attached hydrogen (secondary N) is 2. The molecule has 2 N–H and O–H groups in total. The van der Waals surface area contributed by atoms with Crippen LogP contribution in [0.1, 0.15) is 45.7 Å². The average Bonchev–Trinajstić information content (AvgIpc) is 2.67. The molecule has 0 fully saturated rings. The number of amides is 2. The Morgan fingerprint density at radius 3 is 1.39 bits per heavy atom. The molecule has 168 valence electrons. The highest BCUT2D eigenvalue weighted by atomic mass is 32.2. The minimum absolute atomic E-state index is 0.0664. The monoisotopic (exact) mass is 468 g/mol. The van der Waals surface area contributed by atoms with Crippen LogP contribution in [0.3, 0.4) is 0 Å². The number of hydrogen-bond acceptors (Lipinski definition) is 8. The molecule has 0 aliphatic rings. The zero-order valence-electron chi connectivity index (χ0n) is 16.7. The molecule has 31 heavy (non-hydrogen) atoms. The molecule has 2 rings (SSSR count). The molecule has 2 amide bonds. The molecule has 0 spiro atoms. The standard InChI is InChI=1S/C19H22N2O8S2/c1-3-20-18(22)14-7-5-12(16(10-14)30(24,25)26)9-13-6-8-15(19(23)21-4-2)11-17(13)31(27,28)29/h5-8,10-11H,3-4,9H2,1-2H3,(H,20,22)(H,21,23)(H,24,25,26)(H,27,28,29)/p-2. The van der Waals surface area contributed by atoms with Crippen LogP contribution in [0.15, 0.2) is 46.2 Å². The summed E-state index contributed by atoms with van der Waals surface area (Å²) in [5.74, 6) is -1.18. The van der Waals surface area contributed by atoms with E-state index in [1.54, 1.807) is 13.8 Å². The third kappa shape index (κ3) is 6.10. The van der Waals surface area contributed by atoms with Gasteiger partial charge in [-0.1, -0.05) is 12.1 Å². The second kappa shape index (κ2) is 9.56. The maximum absolute atomic E-state index is 12.0. The van der Waals surface area contributed by atoms with E-state index in [1.165, 1.54) is 24.3 Å². The van der Waals surface area contributed by atoms with E-state index in [9.17, 15) is 35.5 Å². The van der Waals surface area contributed by atoms with Gasteiger partial charge in [-0.2, -0.15) is 0 Å². The maximum Gasteiger partial charge on any atom is 0.251 e. The summed E-state index contributed by atoms with van der Waals surface area (Å²) in [5, 5.41) is 4.94. The van der Waals surface area contributed by atoms with Crippen LogP contribution < -0.4 is 10.6 Å². The Kier molecular flexibility index (Phi) is 7.54. The number of hydrogen-bond donors (Lipinski definition) is 2. The van der Waals surface area contributed by atoms with E-state index >= 15 is 0 Å². The Morgan fingerprint density at radius 1 is 0.742 bits per heavy atom. The van der Waals surface area contributed by atoms with Crippen LogP contribution in [0.4, 0.5) is 0 Å². The van der Waals surface area contributed by atoms with E-state index in [1.807, 2.05) is 0 Å². The molecular formula is C19H20N2O8S2-2. The van der Waals surface area contributed by atoms with Gasteiger partial charge in [0.2, 0.25) is 0 Å². The summed E-state index contributed by atoms with van der Waals surface area (Å²) in [5.41, 5.74) is -0.330. The Hall–Kier alpha value is -2.80. The van der Waals surface area contributed by atoms with E-state index in [4.69, 9.17) is 0 Å². The summed E-state index contributed by atoms with van der Waals surface area (Å²) in [7, 11) is -10.0. The van der Waals surface area contributed by atoms with Crippen LogP contribution in [0.2, 0.25) is 0 Å². The molecule has 2 aromatic rings. The molecule has 12 heteroatoms. The maximum atomic E-state index is 12.0. The van der Waals surface area contributed by atoms with Gasteiger partial charge in [0.05, 0.1) is 9.79 Å². The van der Waals surface area contributed by atoms with Crippen LogP contribution in [0.25, 0.3) is 0 Å². The highest BCUT2D eigenvalue weighted by Crippen LogP contribution is 2.25. The van der Waals surface area contributed by atoms with Gasteiger partial charge in [-0.05, 0) is 55.7 Å². The van der Waals surface area contributed by atoms with Crippen LogP contribution in [-0.4, -0.2) is 50.8 Å². The van der Waals surface area contributed by atoms with Gasteiger partial charge in [0, 0.05) is 24.2 Å². The highest BCUT2D eigenvalue weighted by Gasteiger charge is 2.18. The van der Waals surface area contributed by atoms with E-state index in [0.29, 0.717) is 0 Å². The van der Waals surface area contributed by atoms with Crippen LogP contribution in [0.5, 0.6) is 0 Å². The molecule has 0 aliphatic heterocycles. The molecule has 0 atom stereocenters. The van der Waals surface area contributed by atoms with Gasteiger partial charge in [0.15, 0.2) is 0 Å². The zero-order chi connectivity index (χ0) is 23.4. The van der Waals surface area contributed by atoms with Crippen molar-refractivity contribution < 1.29 is 35.5 Å². The Balaban J connectivity index is 2.59. The molecule has 0 radical (unpaired) electrons. The van der Waals surface area contributed by atoms with Gasteiger partial charge in [-0.15, -0.1) is 0 Å². The predicted molar refractivity (Wildman–Crippen MR) is 108 cm³/mol. The zero-order valence-corrected chi connectivity index (χ0v) is 18.3. The topological polar surface area (TPSA) is 173 Å². The number of carbonyl (C=O) groups excluding carboxylic acids is 2. The fourth-order valence-corrected chi connectivity index (χ4v) is 4.34. The van der Waals surface area contributed by atoms with Crippen molar-refractivity contribution >= 4 is 32.1 Å². The van der Waals surface area contributed by atoms with E-state index in [-0.39, 0.29) is 35.3 Å². The van der Waals surface area contributed by atoms with E-state index < -0.39 is 48.3 Å². The predicted octanol–water partition coefficient (Wildman–Crippen LogP) is 0.585. The molecule has 0 unspecified atom stereocenters. The normalized spacial score (nSPS) is 11.7. The van der Waals surface area contributed by atoms with Crippen molar-refractivity contribution in [2.75, 3.05) is 13.1 Å². The lowest BCUT2D eigenvalue weighted by atomic mass is 10.0. The molecule has 0 heterocycles. The average molecular weight is 469 g/mol. The first-order valence-corrected chi connectivity index (χ1v) is 11.9. The fourth-order valence-electron chi connectivity index (χ4n) is 2.88. The molecule has 0 bridgehead atoms. The van der Waals surface area contributed by atoms with Crippen molar-refractivity contribution in [2.45, 2.75) is 30.1 Å². The lowest BCUT2D eigenvalue weighted by Crippen LogP contribution is -2.23. The number of carbonyl (C=O) groups is 2. The first kappa shape index (κ1) is 24.5. The van der Waals surface area contributed by atoms with Gasteiger partial charge >= 0.3 is 0 Å². The summed E-state index contributed by atoms with van der Waals surface area (Å²) < 4.78 is 70.5. The Labute approximate surface area is 180 Å². The van der Waals surface area contributed by atoms with Gasteiger partial charge in [-0.25, -0.2) is 16.8 Å². The Bertz CT molecular complexity index is 1130. The summed E-state index contributed by atoms with van der Waals surface area (Å²) in [4.78, 5) is 22.5. The van der Waals surface area contributed by atoms with Crippen molar-refractivity contribution in [3.05, 3.63) is 58.7 Å². The lowest BCUT2D eigenvalue weighted by molar-refractivity contribution is 0.0947. The van der Waals surface area contributed by atoms with Crippen LogP contribution in [0, 0.1) is 0 Å². The lowest BCUT2D eigenvalue weighted by Gasteiger charge is -2.18. The second-order valence-corrected chi connectivity index (χ2v) is 9.15. The summed E-state index contributed by atoms with van der Waals surface area (Å²) >= 11 is 0. The van der Waals surface area contributed by atoms with Crippen LogP contribution >= 0.6 is 0 Å². The highest BCUT2D eigenvalue weighted by molar-refractivity contribution is 7.86. The molecular weight excluding hydrogens is 448 g/mol. The molecule has 0 aromatic heterocycles. The fraction of sp³-hybridized carbons (Fsp3) is 0.263. The van der Waals surface area contributed by atoms with Crippen molar-refractivity contribution in [3.8, 4) is 0 Å². The van der Waals surface area contributed by atoms with Crippen molar-refractivity contribution in [1.82, 2.24) is 10.6 Å². The summed E-state index contributed by atoms with van der Waals surface area (Å²) in [6.45, 7) is 3.88. The quantitative estimate of drug-likeness (QED) is 0.529. The molecule has 0 saturated heterocycles. The van der Waals surface area contributed by atoms with Gasteiger partial charge < -0.3 is 19.7 Å². The molecule has 0 aliphatic carbocycles. The first-order valence-electron chi connectivity index (χ1n) is 9.12. The minimum atomic E-state index is -5.02. The van der Waals surface area contributed by atoms with Crippen molar-refractivity contribution in [1.29, 1.82) is 0 Å².